The smallest absolute Gasteiger partial charge is 0.263 e. The molecule has 0 spiro atoms. The third-order valence-corrected chi connectivity index (χ3v) is 5.97. The van der Waals surface area contributed by atoms with E-state index < -0.39 is 0 Å². The molecular formula is C23H31Cl2N5O2. The van der Waals surface area contributed by atoms with Crippen LogP contribution in [0.4, 0.5) is 0 Å². The maximum absolute atomic E-state index is 13.0. The van der Waals surface area contributed by atoms with Gasteiger partial charge in [-0.2, -0.15) is 0 Å². The molecule has 9 heteroatoms. The van der Waals surface area contributed by atoms with E-state index in [2.05, 4.69) is 15.6 Å². The Morgan fingerprint density at radius 3 is 2.75 bits per heavy atom. The van der Waals surface area contributed by atoms with Crippen LogP contribution in [0.15, 0.2) is 41.3 Å². The van der Waals surface area contributed by atoms with E-state index in [9.17, 15) is 9.59 Å². The average Bonchev–Trinajstić information content (AvgIpc) is 3.07. The van der Waals surface area contributed by atoms with Gasteiger partial charge in [0.05, 0.1) is 11.0 Å². The summed E-state index contributed by atoms with van der Waals surface area (Å²) >= 11 is 0. The van der Waals surface area contributed by atoms with E-state index in [0.717, 1.165) is 42.8 Å². The Hall–Kier alpha value is -2.35. The summed E-state index contributed by atoms with van der Waals surface area (Å²) in [5, 5.41) is 6.29. The van der Waals surface area contributed by atoms with Crippen molar-refractivity contribution in [2.24, 2.45) is 13.0 Å². The van der Waals surface area contributed by atoms with Gasteiger partial charge in [-0.25, -0.2) is 4.98 Å². The van der Waals surface area contributed by atoms with Gasteiger partial charge in [-0.15, -0.1) is 24.8 Å². The summed E-state index contributed by atoms with van der Waals surface area (Å²) in [6.07, 6.45) is 4.64. The number of para-hydroxylation sites is 2. The van der Waals surface area contributed by atoms with Crippen molar-refractivity contribution in [1.29, 1.82) is 0 Å². The Balaban J connectivity index is 0.00000181. The largest absolute Gasteiger partial charge is 0.351 e. The second kappa shape index (κ2) is 11.5. The van der Waals surface area contributed by atoms with Crippen LogP contribution in [0.5, 0.6) is 0 Å². The van der Waals surface area contributed by atoms with Gasteiger partial charge in [-0.05, 0) is 62.5 Å². The molecule has 1 saturated heterocycles. The normalized spacial score (nSPS) is 15.6. The van der Waals surface area contributed by atoms with Crippen LogP contribution in [-0.4, -0.2) is 39.7 Å². The van der Waals surface area contributed by atoms with Crippen LogP contribution in [0, 0.1) is 12.8 Å². The number of benzene rings is 1. The number of aryl methyl sites for hydroxylation is 2. The van der Waals surface area contributed by atoms with Crippen molar-refractivity contribution in [3.05, 3.63) is 63.8 Å². The third kappa shape index (κ3) is 5.52. The molecule has 1 amide bonds. The summed E-state index contributed by atoms with van der Waals surface area (Å²) in [4.78, 5) is 30.4. The molecule has 1 aromatic carbocycles. The molecule has 1 fully saturated rings. The highest BCUT2D eigenvalue weighted by Gasteiger charge is 2.19. The van der Waals surface area contributed by atoms with Crippen molar-refractivity contribution in [2.45, 2.75) is 32.7 Å². The molecule has 1 unspecified atom stereocenters. The number of imidazole rings is 1. The van der Waals surface area contributed by atoms with Crippen molar-refractivity contribution in [1.82, 2.24) is 24.8 Å². The number of carbonyl (C=O) groups excluding carboxylic acids is 1. The number of carbonyl (C=O) groups is 1. The zero-order chi connectivity index (χ0) is 21.1. The highest BCUT2D eigenvalue weighted by atomic mass is 35.5. The molecular weight excluding hydrogens is 449 g/mol. The Bertz CT molecular complexity index is 1120. The summed E-state index contributed by atoms with van der Waals surface area (Å²) < 4.78 is 3.73. The van der Waals surface area contributed by atoms with Crippen LogP contribution in [0.3, 0.4) is 0 Å². The van der Waals surface area contributed by atoms with E-state index in [1.807, 2.05) is 55.1 Å². The van der Waals surface area contributed by atoms with E-state index in [-0.39, 0.29) is 41.8 Å². The fourth-order valence-corrected chi connectivity index (χ4v) is 4.24. The van der Waals surface area contributed by atoms with Gasteiger partial charge in [-0.1, -0.05) is 12.1 Å². The Morgan fingerprint density at radius 2 is 2.03 bits per heavy atom. The van der Waals surface area contributed by atoms with Crippen molar-refractivity contribution >= 4 is 41.8 Å². The number of piperidine rings is 1. The van der Waals surface area contributed by atoms with E-state index >= 15 is 0 Å². The molecule has 0 aliphatic carbocycles. The lowest BCUT2D eigenvalue weighted by Crippen LogP contribution is -2.38. The van der Waals surface area contributed by atoms with Crippen molar-refractivity contribution in [2.75, 3.05) is 19.6 Å². The topological polar surface area (TPSA) is 81.0 Å². The number of rotatable bonds is 6. The lowest BCUT2D eigenvalue weighted by molar-refractivity contribution is 0.0951. The quantitative estimate of drug-likeness (QED) is 0.569. The SMILES string of the molecule is Cc1ccn(CC2CCCNC2)c(=O)c1C(=O)NCCc1nc2ccccc2n1C.Cl.Cl. The third-order valence-electron chi connectivity index (χ3n) is 5.97. The van der Waals surface area contributed by atoms with Crippen LogP contribution in [0.2, 0.25) is 0 Å². The average molecular weight is 480 g/mol. The second-order valence-electron chi connectivity index (χ2n) is 8.13. The van der Waals surface area contributed by atoms with E-state index in [1.165, 1.54) is 0 Å². The first kappa shape index (κ1) is 25.9. The standard InChI is InChI=1S/C23H29N5O2.2ClH/c1-16-10-13-28(15-17-6-5-11-24-14-17)23(30)21(16)22(29)25-12-9-20-26-18-7-3-4-8-19(18)27(20)2;;/h3-4,7-8,10,13,17,24H,5-6,9,11-12,14-15H2,1-2H3,(H,25,29);2*1H. The van der Waals surface area contributed by atoms with Crippen molar-refractivity contribution in [3.8, 4) is 0 Å². The maximum Gasteiger partial charge on any atom is 0.263 e. The molecule has 32 heavy (non-hydrogen) atoms. The minimum atomic E-state index is -0.313. The van der Waals surface area contributed by atoms with E-state index in [1.54, 1.807) is 4.57 Å². The van der Waals surface area contributed by atoms with Gasteiger partial charge in [0.1, 0.15) is 11.4 Å². The van der Waals surface area contributed by atoms with Crippen molar-refractivity contribution in [3.63, 3.8) is 0 Å². The molecule has 1 aliphatic rings. The molecule has 2 N–H and O–H groups in total. The van der Waals surface area contributed by atoms with Gasteiger partial charge in [-0.3, -0.25) is 9.59 Å². The highest BCUT2D eigenvalue weighted by Crippen LogP contribution is 2.15. The van der Waals surface area contributed by atoms with Gasteiger partial charge >= 0.3 is 0 Å². The summed E-state index contributed by atoms with van der Waals surface area (Å²) in [7, 11) is 1.98. The van der Waals surface area contributed by atoms with Crippen LogP contribution in [-0.2, 0) is 20.0 Å². The Morgan fingerprint density at radius 1 is 1.25 bits per heavy atom. The number of nitrogens with one attached hydrogen (secondary N) is 2. The Labute approximate surface area is 200 Å². The number of fused-ring (bicyclic) bond motifs is 1. The first-order valence-electron chi connectivity index (χ1n) is 10.6. The number of hydrogen-bond donors (Lipinski definition) is 2. The first-order chi connectivity index (χ1) is 14.5. The lowest BCUT2D eigenvalue weighted by atomic mass is 9.99. The summed E-state index contributed by atoms with van der Waals surface area (Å²) in [5.74, 6) is 1.02. The zero-order valence-electron chi connectivity index (χ0n) is 18.5. The van der Waals surface area contributed by atoms with Crippen LogP contribution in [0.1, 0.15) is 34.6 Å². The van der Waals surface area contributed by atoms with Crippen LogP contribution < -0.4 is 16.2 Å². The number of halogens is 2. The van der Waals surface area contributed by atoms with Crippen LogP contribution in [0.25, 0.3) is 11.0 Å². The fraction of sp³-hybridized carbons (Fsp3) is 0.435. The maximum atomic E-state index is 13.0. The molecule has 1 atom stereocenters. The molecule has 0 saturated carbocycles. The number of pyridine rings is 1. The van der Waals surface area contributed by atoms with Gasteiger partial charge in [0.15, 0.2) is 0 Å². The monoisotopic (exact) mass is 479 g/mol. The summed E-state index contributed by atoms with van der Waals surface area (Å²) in [5.41, 5.74) is 2.75. The minimum Gasteiger partial charge on any atom is -0.351 e. The molecule has 1 aliphatic heterocycles. The molecule has 3 aromatic rings. The highest BCUT2D eigenvalue weighted by molar-refractivity contribution is 5.95. The zero-order valence-corrected chi connectivity index (χ0v) is 20.1. The molecule has 7 nitrogen and oxygen atoms in total. The Kier molecular flexibility index (Phi) is 9.31. The van der Waals surface area contributed by atoms with E-state index in [4.69, 9.17) is 0 Å². The molecule has 0 radical (unpaired) electrons. The van der Waals surface area contributed by atoms with Gasteiger partial charge in [0, 0.05) is 32.8 Å². The predicted molar refractivity (Wildman–Crippen MR) is 132 cm³/mol. The first-order valence-corrected chi connectivity index (χ1v) is 10.6. The van der Waals surface area contributed by atoms with Crippen molar-refractivity contribution < 1.29 is 4.79 Å². The van der Waals surface area contributed by atoms with Crippen LogP contribution >= 0.6 is 24.8 Å². The molecule has 4 rings (SSSR count). The second-order valence-corrected chi connectivity index (χ2v) is 8.13. The molecule has 174 valence electrons. The number of amides is 1. The van der Waals surface area contributed by atoms with Gasteiger partial charge in [0.2, 0.25) is 0 Å². The number of nitrogens with zero attached hydrogens (tertiary/aromatic N) is 3. The fourth-order valence-electron chi connectivity index (χ4n) is 4.24. The number of aromatic nitrogens is 3. The summed E-state index contributed by atoms with van der Waals surface area (Å²) in [6, 6.07) is 9.82. The number of hydrogen-bond acceptors (Lipinski definition) is 4. The minimum absolute atomic E-state index is 0. The van der Waals surface area contributed by atoms with Gasteiger partial charge < -0.3 is 19.8 Å². The lowest BCUT2D eigenvalue weighted by Gasteiger charge is -2.23. The van der Waals surface area contributed by atoms with Gasteiger partial charge in [0.25, 0.3) is 11.5 Å². The summed E-state index contributed by atoms with van der Waals surface area (Å²) in [6.45, 7) is 4.84. The molecule has 3 heterocycles. The van der Waals surface area contributed by atoms with E-state index in [0.29, 0.717) is 31.0 Å². The molecule has 0 bridgehead atoms. The molecule has 2 aromatic heterocycles. The predicted octanol–water partition coefficient (Wildman–Crippen LogP) is 2.86.